The van der Waals surface area contributed by atoms with E-state index in [1.54, 1.807) is 27.8 Å². The highest BCUT2D eigenvalue weighted by molar-refractivity contribution is 7.13. The normalized spacial score (nSPS) is 11.2. The maximum atomic E-state index is 12.6. The number of carbonyl (C=O) groups is 1. The molecule has 3 heterocycles. The number of hydrogen-bond acceptors (Lipinski definition) is 4. The fraction of sp³-hybridized carbons (Fsp3) is 0.312. The van der Waals surface area contributed by atoms with Gasteiger partial charge in [-0.15, -0.1) is 11.3 Å². The molecule has 0 N–H and O–H groups in total. The van der Waals surface area contributed by atoms with E-state index in [0.717, 1.165) is 10.7 Å². The van der Waals surface area contributed by atoms with Crippen LogP contribution in [0.15, 0.2) is 23.8 Å². The Morgan fingerprint density at radius 3 is 2.71 bits per heavy atom. The number of hydrogen-bond donors (Lipinski definition) is 0. The summed E-state index contributed by atoms with van der Waals surface area (Å²) in [7, 11) is 0. The van der Waals surface area contributed by atoms with Gasteiger partial charge in [0.1, 0.15) is 10.7 Å². The van der Waals surface area contributed by atoms with Crippen LogP contribution in [0.3, 0.4) is 0 Å². The lowest BCUT2D eigenvalue weighted by atomic mass is 10.2. The van der Waals surface area contributed by atoms with E-state index < -0.39 is 0 Å². The van der Waals surface area contributed by atoms with Crippen LogP contribution in [0, 0.1) is 0 Å². The van der Waals surface area contributed by atoms with E-state index in [-0.39, 0.29) is 12.3 Å². The van der Waals surface area contributed by atoms with Gasteiger partial charge in [-0.25, -0.2) is 9.97 Å². The summed E-state index contributed by atoms with van der Waals surface area (Å²) in [4.78, 5) is 23.3. The molecule has 5 nitrogen and oxygen atoms in total. The van der Waals surface area contributed by atoms with Crippen molar-refractivity contribution in [1.82, 2.24) is 19.3 Å². The minimum absolute atomic E-state index is 0.0377. The first-order valence-corrected chi connectivity index (χ1v) is 9.22. The highest BCUT2D eigenvalue weighted by atomic mass is 35.5. The van der Waals surface area contributed by atoms with Gasteiger partial charge in [0.2, 0.25) is 5.91 Å². The lowest BCUT2D eigenvalue weighted by Crippen LogP contribution is -2.32. The Kier molecular flexibility index (Phi) is 5.08. The molecule has 0 aliphatic heterocycles. The number of amides is 1. The Labute approximate surface area is 153 Å². The molecule has 126 valence electrons. The van der Waals surface area contributed by atoms with Crippen LogP contribution < -0.4 is 0 Å². The monoisotopic (exact) mass is 382 g/mol. The molecule has 8 heteroatoms. The Hall–Kier alpha value is -1.63. The molecule has 0 spiro atoms. The number of likely N-dealkylation sites (N-methyl/N-ethyl adjacent to an activating group) is 1. The molecule has 3 rings (SSSR count). The Balaban J connectivity index is 2.16. The van der Waals surface area contributed by atoms with E-state index in [4.69, 9.17) is 23.2 Å². The van der Waals surface area contributed by atoms with E-state index in [2.05, 4.69) is 9.97 Å². The highest BCUT2D eigenvalue weighted by Crippen LogP contribution is 2.31. The highest BCUT2D eigenvalue weighted by Gasteiger charge is 2.22. The predicted octanol–water partition coefficient (Wildman–Crippen LogP) is 4.18. The number of thiazole rings is 1. The number of nitrogens with zero attached hydrogens (tertiary/aromatic N) is 4. The van der Waals surface area contributed by atoms with E-state index in [1.165, 1.54) is 11.3 Å². The van der Waals surface area contributed by atoms with E-state index >= 15 is 0 Å². The number of fused-ring (bicyclic) bond motifs is 1. The maximum Gasteiger partial charge on any atom is 0.228 e. The van der Waals surface area contributed by atoms with Crippen LogP contribution in [0.2, 0.25) is 10.0 Å². The molecular formula is C16H16Cl2N4OS. The van der Waals surface area contributed by atoms with E-state index in [0.29, 0.717) is 34.5 Å². The van der Waals surface area contributed by atoms with Gasteiger partial charge in [-0.1, -0.05) is 23.2 Å². The summed E-state index contributed by atoms with van der Waals surface area (Å²) in [5.41, 5.74) is 2.00. The SMILES string of the molecule is CCN(CC)C(=O)Cc1c(-c2nccs2)nc2c(Cl)cc(Cl)cn12. The van der Waals surface area contributed by atoms with Gasteiger partial charge < -0.3 is 9.30 Å². The Morgan fingerprint density at radius 1 is 1.33 bits per heavy atom. The van der Waals surface area contributed by atoms with Crippen molar-refractivity contribution in [2.45, 2.75) is 20.3 Å². The number of aromatic nitrogens is 3. The molecule has 1 amide bonds. The first-order valence-electron chi connectivity index (χ1n) is 7.58. The third-order valence-electron chi connectivity index (χ3n) is 3.81. The summed E-state index contributed by atoms with van der Waals surface area (Å²) in [5, 5.41) is 3.58. The molecule has 0 bridgehead atoms. The smallest absolute Gasteiger partial charge is 0.228 e. The van der Waals surface area contributed by atoms with E-state index in [1.807, 2.05) is 19.2 Å². The van der Waals surface area contributed by atoms with Gasteiger partial charge >= 0.3 is 0 Å². The van der Waals surface area contributed by atoms with Crippen molar-refractivity contribution >= 4 is 46.1 Å². The third-order valence-corrected chi connectivity index (χ3v) is 5.08. The van der Waals surface area contributed by atoms with Crippen LogP contribution in [0.4, 0.5) is 0 Å². The number of rotatable bonds is 5. The summed E-state index contributed by atoms with van der Waals surface area (Å²) >= 11 is 13.9. The average molecular weight is 383 g/mol. The fourth-order valence-electron chi connectivity index (χ4n) is 2.63. The van der Waals surface area contributed by atoms with Gasteiger partial charge in [-0.05, 0) is 19.9 Å². The molecular weight excluding hydrogens is 367 g/mol. The number of pyridine rings is 1. The van der Waals surface area contributed by atoms with Gasteiger partial charge in [0.25, 0.3) is 0 Å². The van der Waals surface area contributed by atoms with Crippen LogP contribution in [-0.2, 0) is 11.2 Å². The number of carbonyl (C=O) groups excluding carboxylic acids is 1. The fourth-order valence-corrected chi connectivity index (χ4v) is 3.79. The lowest BCUT2D eigenvalue weighted by Gasteiger charge is -2.18. The second kappa shape index (κ2) is 7.09. The van der Waals surface area contributed by atoms with Crippen molar-refractivity contribution in [3.05, 3.63) is 39.6 Å². The van der Waals surface area contributed by atoms with Gasteiger partial charge in [0.15, 0.2) is 5.65 Å². The average Bonchev–Trinajstić information content (AvgIpc) is 3.17. The van der Waals surface area contributed by atoms with Gasteiger partial charge in [-0.2, -0.15) is 0 Å². The second-order valence-corrected chi connectivity index (χ2v) is 6.93. The van der Waals surface area contributed by atoms with Gasteiger partial charge in [-0.3, -0.25) is 4.79 Å². The minimum Gasteiger partial charge on any atom is -0.343 e. The Morgan fingerprint density at radius 2 is 2.08 bits per heavy atom. The third kappa shape index (κ3) is 3.14. The second-order valence-electron chi connectivity index (χ2n) is 5.19. The van der Waals surface area contributed by atoms with Crippen molar-refractivity contribution in [1.29, 1.82) is 0 Å². The minimum atomic E-state index is 0.0377. The summed E-state index contributed by atoms with van der Waals surface area (Å²) in [6, 6.07) is 1.65. The molecule has 0 aromatic carbocycles. The number of imidazole rings is 1. The largest absolute Gasteiger partial charge is 0.343 e. The number of halogens is 2. The van der Waals surface area contributed by atoms with Crippen LogP contribution in [-0.4, -0.2) is 38.3 Å². The molecule has 0 saturated heterocycles. The van der Waals surface area contributed by atoms with Crippen molar-refractivity contribution < 1.29 is 4.79 Å². The zero-order valence-electron chi connectivity index (χ0n) is 13.3. The zero-order chi connectivity index (χ0) is 17.3. The van der Waals surface area contributed by atoms with Crippen LogP contribution >= 0.6 is 34.5 Å². The summed E-state index contributed by atoms with van der Waals surface area (Å²) in [6.45, 7) is 5.26. The topological polar surface area (TPSA) is 50.5 Å². The van der Waals surface area contributed by atoms with Crippen molar-refractivity contribution in [2.24, 2.45) is 0 Å². The van der Waals surface area contributed by atoms with E-state index in [9.17, 15) is 4.79 Å². The molecule has 0 fully saturated rings. The van der Waals surface area contributed by atoms with Crippen LogP contribution in [0.5, 0.6) is 0 Å². The molecule has 24 heavy (non-hydrogen) atoms. The molecule has 0 aliphatic rings. The Bertz CT molecular complexity index is 872. The molecule has 0 atom stereocenters. The zero-order valence-corrected chi connectivity index (χ0v) is 15.6. The van der Waals surface area contributed by atoms with Crippen LogP contribution in [0.25, 0.3) is 16.3 Å². The lowest BCUT2D eigenvalue weighted by molar-refractivity contribution is -0.130. The van der Waals surface area contributed by atoms with Gasteiger partial charge in [0, 0.05) is 30.9 Å². The molecule has 0 radical (unpaired) electrons. The predicted molar refractivity (Wildman–Crippen MR) is 98.0 cm³/mol. The quantitative estimate of drug-likeness (QED) is 0.664. The van der Waals surface area contributed by atoms with Gasteiger partial charge in [0.05, 0.1) is 22.2 Å². The van der Waals surface area contributed by atoms with Crippen molar-refractivity contribution in [3.63, 3.8) is 0 Å². The van der Waals surface area contributed by atoms with Crippen molar-refractivity contribution in [3.8, 4) is 10.7 Å². The first kappa shape index (κ1) is 17.2. The maximum absolute atomic E-state index is 12.6. The molecule has 0 saturated carbocycles. The molecule has 3 aromatic heterocycles. The molecule has 0 unspecified atom stereocenters. The standard InChI is InChI=1S/C16H16Cl2N4OS/c1-3-21(4-2)13(23)8-12-14(16-19-5-6-24-16)20-15-11(18)7-10(17)9-22(12)15/h5-7,9H,3-4,8H2,1-2H3. The summed E-state index contributed by atoms with van der Waals surface area (Å²) in [6.07, 6.45) is 3.67. The van der Waals surface area contributed by atoms with Crippen molar-refractivity contribution in [2.75, 3.05) is 13.1 Å². The first-order chi connectivity index (χ1) is 11.5. The molecule has 3 aromatic rings. The summed E-state index contributed by atoms with van der Waals surface area (Å²) < 4.78 is 1.79. The summed E-state index contributed by atoms with van der Waals surface area (Å²) in [5.74, 6) is 0.0377. The van der Waals surface area contributed by atoms with Crippen LogP contribution in [0.1, 0.15) is 19.5 Å². The molecule has 0 aliphatic carbocycles.